The minimum atomic E-state index is -0.640. The lowest BCUT2D eigenvalue weighted by Gasteiger charge is -2.16. The normalized spacial score (nSPS) is 12.2. The van der Waals surface area contributed by atoms with Gasteiger partial charge in [-0.1, -0.05) is 42.2 Å². The molecule has 2 heterocycles. The van der Waals surface area contributed by atoms with E-state index in [0.29, 0.717) is 17.1 Å². The minimum Gasteiger partial charge on any atom is -0.434 e. The summed E-state index contributed by atoms with van der Waals surface area (Å²) in [5, 5.41) is 11.3. The summed E-state index contributed by atoms with van der Waals surface area (Å²) < 4.78 is 11.5. The molecule has 1 aromatic carbocycles. The van der Waals surface area contributed by atoms with E-state index in [4.69, 9.17) is 27.9 Å². The molecule has 0 fully saturated rings. The second-order valence-corrected chi connectivity index (χ2v) is 7.55. The van der Waals surface area contributed by atoms with E-state index in [9.17, 15) is 9.59 Å². The number of H-pyrrole nitrogens is 1. The predicted molar refractivity (Wildman–Crippen MR) is 109 cm³/mol. The molecule has 3 aromatic rings. The SMILES string of the molecule is CC(C)c1cc(Oc2c(Cl)cc(N[C@H](C)c3noc(=O)[nH]3)cc2Cl)nn(C)c1=O. The molecule has 154 valence electrons. The Labute approximate surface area is 175 Å². The van der Waals surface area contributed by atoms with Crippen LogP contribution < -0.4 is 21.4 Å². The van der Waals surface area contributed by atoms with Crippen LogP contribution in [-0.4, -0.2) is 19.9 Å². The third-order valence-electron chi connectivity index (χ3n) is 4.15. The Kier molecular flexibility index (Phi) is 5.99. The van der Waals surface area contributed by atoms with Gasteiger partial charge >= 0.3 is 5.76 Å². The lowest BCUT2D eigenvalue weighted by molar-refractivity contribution is 0.379. The molecular formula is C18H19Cl2N5O4. The predicted octanol–water partition coefficient (Wildman–Crippen LogP) is 3.85. The van der Waals surface area contributed by atoms with Crippen LogP contribution >= 0.6 is 23.2 Å². The van der Waals surface area contributed by atoms with Gasteiger partial charge in [-0.05, 0) is 25.0 Å². The number of ether oxygens (including phenoxy) is 1. The van der Waals surface area contributed by atoms with Crippen LogP contribution in [0.5, 0.6) is 11.6 Å². The standard InChI is InChI=1S/C18H19Cl2N5O4/c1-8(2)11-7-14(23-25(4)17(11)26)28-15-12(19)5-10(6-13(15)20)21-9(3)16-22-18(27)29-24-16/h5-9,21H,1-4H3,(H,22,24,27)/t9-/m1/s1. The number of aromatic nitrogens is 4. The first-order valence-corrected chi connectivity index (χ1v) is 9.49. The topological polar surface area (TPSA) is 115 Å². The van der Waals surface area contributed by atoms with E-state index in [1.807, 2.05) is 13.8 Å². The maximum absolute atomic E-state index is 12.2. The summed E-state index contributed by atoms with van der Waals surface area (Å²) in [5.41, 5.74) is 0.961. The largest absolute Gasteiger partial charge is 0.438 e. The van der Waals surface area contributed by atoms with Crippen molar-refractivity contribution >= 4 is 28.9 Å². The molecule has 0 aliphatic carbocycles. The molecule has 2 N–H and O–H groups in total. The van der Waals surface area contributed by atoms with Crippen molar-refractivity contribution in [2.75, 3.05) is 5.32 Å². The van der Waals surface area contributed by atoms with Gasteiger partial charge in [0.1, 0.15) is 0 Å². The molecule has 0 spiro atoms. The number of benzene rings is 1. The highest BCUT2D eigenvalue weighted by atomic mass is 35.5. The number of aryl methyl sites for hydroxylation is 1. The fourth-order valence-corrected chi connectivity index (χ4v) is 3.22. The highest BCUT2D eigenvalue weighted by molar-refractivity contribution is 6.37. The van der Waals surface area contributed by atoms with E-state index < -0.39 is 5.76 Å². The number of halogens is 2. The second kappa shape index (κ2) is 8.30. The van der Waals surface area contributed by atoms with Crippen molar-refractivity contribution in [1.29, 1.82) is 0 Å². The molecule has 11 heteroatoms. The van der Waals surface area contributed by atoms with Gasteiger partial charge in [-0.25, -0.2) is 9.48 Å². The third-order valence-corrected chi connectivity index (χ3v) is 4.71. The summed E-state index contributed by atoms with van der Waals surface area (Å²) >= 11 is 12.7. The highest BCUT2D eigenvalue weighted by Gasteiger charge is 2.17. The zero-order valence-electron chi connectivity index (χ0n) is 16.1. The molecule has 0 bridgehead atoms. The minimum absolute atomic E-state index is 0.000953. The summed E-state index contributed by atoms with van der Waals surface area (Å²) in [5.74, 6) is 0.106. The van der Waals surface area contributed by atoms with Crippen molar-refractivity contribution in [2.24, 2.45) is 7.05 Å². The number of aromatic amines is 1. The molecule has 0 unspecified atom stereocenters. The zero-order valence-corrected chi connectivity index (χ0v) is 17.6. The van der Waals surface area contributed by atoms with Crippen LogP contribution in [-0.2, 0) is 7.05 Å². The Bertz CT molecular complexity index is 1130. The number of hydrogen-bond donors (Lipinski definition) is 2. The van der Waals surface area contributed by atoms with Crippen LogP contribution in [0, 0.1) is 0 Å². The lowest BCUT2D eigenvalue weighted by atomic mass is 10.1. The second-order valence-electron chi connectivity index (χ2n) is 6.74. The van der Waals surface area contributed by atoms with Gasteiger partial charge in [-0.15, -0.1) is 5.10 Å². The molecule has 1 atom stereocenters. The molecule has 0 amide bonds. The molecular weight excluding hydrogens is 421 g/mol. The molecule has 0 saturated heterocycles. The van der Waals surface area contributed by atoms with Crippen molar-refractivity contribution in [3.05, 3.63) is 60.5 Å². The van der Waals surface area contributed by atoms with E-state index in [-0.39, 0.29) is 39.2 Å². The summed E-state index contributed by atoms with van der Waals surface area (Å²) in [7, 11) is 1.55. The van der Waals surface area contributed by atoms with E-state index in [1.54, 1.807) is 32.2 Å². The number of nitrogens with one attached hydrogen (secondary N) is 2. The van der Waals surface area contributed by atoms with E-state index in [0.717, 1.165) is 0 Å². The van der Waals surface area contributed by atoms with Crippen LogP contribution in [0.3, 0.4) is 0 Å². The summed E-state index contributed by atoms with van der Waals surface area (Å²) in [4.78, 5) is 25.7. The van der Waals surface area contributed by atoms with Crippen LogP contribution in [0.2, 0.25) is 10.0 Å². The Morgan fingerprint density at radius 3 is 2.38 bits per heavy atom. The molecule has 0 aliphatic heterocycles. The molecule has 2 aromatic heterocycles. The Hall–Kier alpha value is -2.78. The molecule has 0 aliphatic rings. The third kappa shape index (κ3) is 4.63. The Balaban J connectivity index is 1.87. The summed E-state index contributed by atoms with van der Waals surface area (Å²) in [6, 6.07) is 4.44. The van der Waals surface area contributed by atoms with E-state index in [1.165, 1.54) is 4.68 Å². The van der Waals surface area contributed by atoms with Gasteiger partial charge in [0.25, 0.3) is 5.56 Å². The molecule has 29 heavy (non-hydrogen) atoms. The maximum atomic E-state index is 12.2. The van der Waals surface area contributed by atoms with Crippen molar-refractivity contribution < 1.29 is 9.26 Å². The Morgan fingerprint density at radius 2 is 1.83 bits per heavy atom. The van der Waals surface area contributed by atoms with Gasteiger partial charge in [0.05, 0.1) is 16.1 Å². The van der Waals surface area contributed by atoms with Crippen LogP contribution in [0.4, 0.5) is 5.69 Å². The smallest absolute Gasteiger partial charge is 0.434 e. The Morgan fingerprint density at radius 1 is 1.17 bits per heavy atom. The fourth-order valence-electron chi connectivity index (χ4n) is 2.66. The monoisotopic (exact) mass is 439 g/mol. The van der Waals surface area contributed by atoms with E-state index >= 15 is 0 Å². The van der Waals surface area contributed by atoms with Crippen LogP contribution in [0.1, 0.15) is 44.1 Å². The number of nitrogens with zero attached hydrogens (tertiary/aromatic N) is 3. The average Bonchev–Trinajstić information content (AvgIpc) is 3.07. The molecule has 3 rings (SSSR count). The molecule has 9 nitrogen and oxygen atoms in total. The average molecular weight is 440 g/mol. The van der Waals surface area contributed by atoms with Gasteiger partial charge in [-0.2, -0.15) is 0 Å². The first-order valence-electron chi connectivity index (χ1n) is 8.73. The van der Waals surface area contributed by atoms with Gasteiger partial charge in [0.2, 0.25) is 5.88 Å². The van der Waals surface area contributed by atoms with Crippen LogP contribution in [0.25, 0.3) is 0 Å². The summed E-state index contributed by atoms with van der Waals surface area (Å²) in [6.07, 6.45) is 0. The fraction of sp³-hybridized carbons (Fsp3) is 0.333. The number of hydrogen-bond acceptors (Lipinski definition) is 7. The van der Waals surface area contributed by atoms with E-state index in [2.05, 4.69) is 25.1 Å². The van der Waals surface area contributed by atoms with Gasteiger partial charge in [-0.3, -0.25) is 14.3 Å². The lowest BCUT2D eigenvalue weighted by Crippen LogP contribution is -2.24. The molecule has 0 saturated carbocycles. The number of rotatable bonds is 6. The summed E-state index contributed by atoms with van der Waals surface area (Å²) in [6.45, 7) is 5.59. The zero-order chi connectivity index (χ0) is 21.3. The van der Waals surface area contributed by atoms with Crippen LogP contribution in [0.15, 0.2) is 32.3 Å². The van der Waals surface area contributed by atoms with Crippen molar-refractivity contribution in [1.82, 2.24) is 19.9 Å². The number of anilines is 1. The maximum Gasteiger partial charge on any atom is 0.438 e. The van der Waals surface area contributed by atoms with Crippen molar-refractivity contribution in [3.63, 3.8) is 0 Å². The van der Waals surface area contributed by atoms with Gasteiger partial charge in [0, 0.05) is 24.4 Å². The quantitative estimate of drug-likeness (QED) is 0.598. The van der Waals surface area contributed by atoms with Gasteiger partial charge < -0.3 is 10.1 Å². The van der Waals surface area contributed by atoms with Gasteiger partial charge in [0.15, 0.2) is 11.6 Å². The van der Waals surface area contributed by atoms with Crippen molar-refractivity contribution in [3.8, 4) is 11.6 Å². The molecule has 0 radical (unpaired) electrons. The van der Waals surface area contributed by atoms with Crippen molar-refractivity contribution in [2.45, 2.75) is 32.7 Å². The highest BCUT2D eigenvalue weighted by Crippen LogP contribution is 2.39. The first kappa shape index (κ1) is 20.9. The first-order chi connectivity index (χ1) is 13.7.